The summed E-state index contributed by atoms with van der Waals surface area (Å²) in [6.07, 6.45) is -2.39. The average Bonchev–Trinajstić information content (AvgIpc) is 2.21. The maximum absolute atomic E-state index is 12.6. The van der Waals surface area contributed by atoms with Crippen LogP contribution >= 0.6 is 0 Å². The lowest BCUT2D eigenvalue weighted by molar-refractivity contribution is -0.107. The van der Waals surface area contributed by atoms with Gasteiger partial charge in [0.25, 0.3) is 0 Å². The van der Waals surface area contributed by atoms with Crippen LogP contribution in [0.1, 0.15) is 34.1 Å². The molecule has 1 atom stereocenters. The van der Waals surface area contributed by atoms with Crippen LogP contribution in [0.3, 0.4) is 0 Å². The molecule has 0 aromatic heterocycles. The molecule has 0 rings (SSSR count). The van der Waals surface area contributed by atoms with E-state index in [4.69, 9.17) is 0 Å². The van der Waals surface area contributed by atoms with Crippen LogP contribution < -0.4 is 0 Å². The Morgan fingerprint density at radius 1 is 1.31 bits per heavy atom. The molecule has 0 saturated carbocycles. The molecule has 0 fully saturated rings. The third-order valence-corrected chi connectivity index (χ3v) is 2.67. The largest absolute Gasteiger partial charge is 0.416 e. The number of rotatable bonds is 4. The number of alkyl halides is 3. The zero-order chi connectivity index (χ0) is 12.9. The number of hydrogen-bond donors (Lipinski definition) is 0. The van der Waals surface area contributed by atoms with Crippen molar-refractivity contribution in [1.82, 2.24) is 0 Å². The molecule has 16 heavy (non-hydrogen) atoms. The summed E-state index contributed by atoms with van der Waals surface area (Å²) in [7, 11) is 0. The predicted octanol–water partition coefficient (Wildman–Crippen LogP) is 4.06. The van der Waals surface area contributed by atoms with Crippen LogP contribution in [0, 0.1) is 5.92 Å². The van der Waals surface area contributed by atoms with Gasteiger partial charge in [0.05, 0.1) is 5.57 Å². The molecule has 92 valence electrons. The predicted molar refractivity (Wildman–Crippen MR) is 58.0 cm³/mol. The summed E-state index contributed by atoms with van der Waals surface area (Å²) in [4.78, 5) is 10.4. The number of carbonyl (C=O) groups is 1. The highest BCUT2D eigenvalue weighted by atomic mass is 19.4. The van der Waals surface area contributed by atoms with Gasteiger partial charge in [0.2, 0.25) is 0 Å². The fourth-order valence-electron chi connectivity index (χ4n) is 1.17. The average molecular weight is 234 g/mol. The quantitative estimate of drug-likeness (QED) is 0.407. The Morgan fingerprint density at radius 2 is 1.81 bits per heavy atom. The second kappa shape index (κ2) is 5.87. The maximum Gasteiger partial charge on any atom is 0.416 e. The Balaban J connectivity index is 5.35. The molecule has 0 bridgehead atoms. The van der Waals surface area contributed by atoms with E-state index in [1.165, 1.54) is 6.92 Å². The van der Waals surface area contributed by atoms with E-state index < -0.39 is 11.7 Å². The summed E-state index contributed by atoms with van der Waals surface area (Å²) in [5, 5.41) is 0. The van der Waals surface area contributed by atoms with Crippen LogP contribution in [0.5, 0.6) is 0 Å². The minimum atomic E-state index is -4.47. The van der Waals surface area contributed by atoms with Crippen LogP contribution in [0.4, 0.5) is 13.2 Å². The molecular formula is C12H17F3O. The van der Waals surface area contributed by atoms with E-state index in [9.17, 15) is 18.0 Å². The number of aldehydes is 1. The molecule has 0 N–H and O–H groups in total. The monoisotopic (exact) mass is 234 g/mol. The van der Waals surface area contributed by atoms with Crippen LogP contribution in [0.25, 0.3) is 0 Å². The molecule has 0 aliphatic rings. The Kier molecular flexibility index (Phi) is 5.48. The molecule has 0 spiro atoms. The number of hydrogen-bond acceptors (Lipinski definition) is 1. The summed E-state index contributed by atoms with van der Waals surface area (Å²) >= 11 is 0. The van der Waals surface area contributed by atoms with E-state index in [1.54, 1.807) is 6.92 Å². The second-order valence-corrected chi connectivity index (χ2v) is 3.91. The van der Waals surface area contributed by atoms with E-state index >= 15 is 0 Å². The summed E-state index contributed by atoms with van der Waals surface area (Å²) in [6.45, 7) is 6.59. The normalized spacial score (nSPS) is 16.8. The van der Waals surface area contributed by atoms with Crippen molar-refractivity contribution in [3.63, 3.8) is 0 Å². The highest BCUT2D eigenvalue weighted by molar-refractivity contribution is 5.75. The number of allylic oxidation sites excluding steroid dienone is 4. The maximum atomic E-state index is 12.6. The molecule has 0 radical (unpaired) electrons. The Morgan fingerprint density at radius 3 is 2.12 bits per heavy atom. The first-order valence-corrected chi connectivity index (χ1v) is 5.15. The van der Waals surface area contributed by atoms with E-state index in [2.05, 4.69) is 0 Å². The lowest BCUT2D eigenvalue weighted by atomic mass is 9.96. The molecule has 0 aromatic carbocycles. The van der Waals surface area contributed by atoms with Gasteiger partial charge in [-0.3, -0.25) is 4.79 Å². The van der Waals surface area contributed by atoms with Crippen molar-refractivity contribution in [3.05, 3.63) is 22.8 Å². The molecule has 0 amide bonds. The standard InChI is InChI=1S/C12H17F3O/c1-5-8(2)9(3)6-11(10(4)7-16)12(13,14)15/h6-8H,5H2,1-4H3/b9-6?,11-10+/t8-/m1/s1. The number of halogens is 3. The van der Waals surface area contributed by atoms with E-state index in [0.717, 1.165) is 12.5 Å². The molecule has 0 aromatic rings. The third kappa shape index (κ3) is 4.21. The fourth-order valence-corrected chi connectivity index (χ4v) is 1.17. The van der Waals surface area contributed by atoms with Gasteiger partial charge in [-0.1, -0.05) is 25.5 Å². The van der Waals surface area contributed by atoms with Gasteiger partial charge in [-0.15, -0.1) is 0 Å². The summed E-state index contributed by atoms with van der Waals surface area (Å²) in [5.74, 6) is 0.0804. The van der Waals surface area contributed by atoms with Crippen molar-refractivity contribution in [1.29, 1.82) is 0 Å². The minimum absolute atomic E-state index is 0.0804. The van der Waals surface area contributed by atoms with Gasteiger partial charge >= 0.3 is 6.18 Å². The van der Waals surface area contributed by atoms with Gasteiger partial charge in [-0.2, -0.15) is 13.2 Å². The molecule has 1 nitrogen and oxygen atoms in total. The van der Waals surface area contributed by atoms with Crippen LogP contribution in [-0.4, -0.2) is 12.5 Å². The van der Waals surface area contributed by atoms with Crippen molar-refractivity contribution in [3.8, 4) is 0 Å². The molecule has 0 aliphatic heterocycles. The molecule has 0 heterocycles. The smallest absolute Gasteiger partial charge is 0.298 e. The van der Waals surface area contributed by atoms with Gasteiger partial charge < -0.3 is 0 Å². The van der Waals surface area contributed by atoms with Gasteiger partial charge in [0.1, 0.15) is 6.29 Å². The van der Waals surface area contributed by atoms with E-state index in [1.807, 2.05) is 13.8 Å². The second-order valence-electron chi connectivity index (χ2n) is 3.91. The first kappa shape index (κ1) is 14.9. The van der Waals surface area contributed by atoms with Crippen molar-refractivity contribution in [2.24, 2.45) is 5.92 Å². The fraction of sp³-hybridized carbons (Fsp3) is 0.583. The van der Waals surface area contributed by atoms with Crippen LogP contribution in [0.2, 0.25) is 0 Å². The van der Waals surface area contributed by atoms with Crippen molar-refractivity contribution >= 4 is 6.29 Å². The first-order chi connectivity index (χ1) is 7.23. The highest BCUT2D eigenvalue weighted by Gasteiger charge is 2.33. The molecule has 4 heteroatoms. The molecule has 0 aliphatic carbocycles. The third-order valence-electron chi connectivity index (χ3n) is 2.67. The summed E-state index contributed by atoms with van der Waals surface area (Å²) < 4.78 is 37.9. The topological polar surface area (TPSA) is 17.1 Å². The first-order valence-electron chi connectivity index (χ1n) is 5.15. The Hall–Kier alpha value is -1.06. The van der Waals surface area contributed by atoms with Crippen molar-refractivity contribution in [2.75, 3.05) is 0 Å². The van der Waals surface area contributed by atoms with Gasteiger partial charge in [0, 0.05) is 5.57 Å². The van der Waals surface area contributed by atoms with E-state index in [-0.39, 0.29) is 17.8 Å². The van der Waals surface area contributed by atoms with Crippen LogP contribution in [0.15, 0.2) is 22.8 Å². The number of carbonyl (C=O) groups excluding carboxylic acids is 1. The highest BCUT2D eigenvalue weighted by Crippen LogP contribution is 2.31. The lowest BCUT2D eigenvalue weighted by Crippen LogP contribution is -2.13. The SMILES string of the molecule is CC[C@@H](C)C(C)=C/C(=C(/C)C=O)C(F)(F)F. The van der Waals surface area contributed by atoms with Crippen LogP contribution in [-0.2, 0) is 4.79 Å². The minimum Gasteiger partial charge on any atom is -0.298 e. The van der Waals surface area contributed by atoms with Gasteiger partial charge in [0.15, 0.2) is 0 Å². The summed E-state index contributed by atoms with van der Waals surface area (Å²) in [5.41, 5.74) is -0.494. The Labute approximate surface area is 94.0 Å². The molecular weight excluding hydrogens is 217 g/mol. The molecule has 0 unspecified atom stereocenters. The van der Waals surface area contributed by atoms with E-state index in [0.29, 0.717) is 5.57 Å². The molecule has 0 saturated heterocycles. The zero-order valence-corrected chi connectivity index (χ0v) is 9.98. The van der Waals surface area contributed by atoms with Crippen molar-refractivity contribution in [2.45, 2.75) is 40.3 Å². The lowest BCUT2D eigenvalue weighted by Gasteiger charge is -2.14. The summed E-state index contributed by atoms with van der Waals surface area (Å²) in [6, 6.07) is 0. The zero-order valence-electron chi connectivity index (χ0n) is 9.98. The Bertz CT molecular complexity index is 311. The van der Waals surface area contributed by atoms with Crippen molar-refractivity contribution < 1.29 is 18.0 Å². The van der Waals surface area contributed by atoms with Gasteiger partial charge in [-0.05, 0) is 26.2 Å². The van der Waals surface area contributed by atoms with Gasteiger partial charge in [-0.25, -0.2) is 0 Å².